The van der Waals surface area contributed by atoms with E-state index in [0.717, 1.165) is 39.6 Å². The minimum Gasteiger partial charge on any atom is -0.311 e. The number of para-hydroxylation sites is 2. The molecule has 8 aromatic rings. The van der Waals surface area contributed by atoms with E-state index in [1.54, 1.807) is 0 Å². The smallest absolute Gasteiger partial charge is 0.0465 e. The molecule has 270 valence electrons. The summed E-state index contributed by atoms with van der Waals surface area (Å²) in [5, 5.41) is 0. The van der Waals surface area contributed by atoms with E-state index in [9.17, 15) is 0 Å². The highest BCUT2D eigenvalue weighted by Gasteiger charge is 2.35. The van der Waals surface area contributed by atoms with Gasteiger partial charge in [-0.2, -0.15) is 0 Å². The lowest BCUT2D eigenvalue weighted by Crippen LogP contribution is -2.16. The Morgan fingerprint density at radius 3 is 1.39 bits per heavy atom. The van der Waals surface area contributed by atoms with Crippen LogP contribution in [-0.2, 0) is 5.41 Å². The Hall–Kier alpha value is -6.90. The molecule has 0 heterocycles. The molecule has 1 aliphatic rings. The van der Waals surface area contributed by atoms with Gasteiger partial charge in [0.05, 0.1) is 0 Å². The van der Waals surface area contributed by atoms with E-state index in [1.165, 1.54) is 44.6 Å². The van der Waals surface area contributed by atoms with Crippen LogP contribution in [0.25, 0.3) is 34.4 Å². The molecule has 8 aromatic carbocycles. The largest absolute Gasteiger partial charge is 0.311 e. The van der Waals surface area contributed by atoms with Gasteiger partial charge in [-0.15, -0.1) is 0 Å². The van der Waals surface area contributed by atoms with Gasteiger partial charge in [-0.05, 0) is 130 Å². The molecule has 1 aliphatic carbocycles. The molecule has 0 amide bonds. The zero-order valence-corrected chi connectivity index (χ0v) is 32.1. The lowest BCUT2D eigenvalue weighted by Gasteiger charge is -2.28. The topological polar surface area (TPSA) is 6.48 Å². The van der Waals surface area contributed by atoms with Gasteiger partial charge in [-0.3, -0.25) is 0 Å². The van der Waals surface area contributed by atoms with Crippen LogP contribution in [0.15, 0.2) is 200 Å². The number of rotatable bonds is 9. The summed E-state index contributed by atoms with van der Waals surface area (Å²) >= 11 is 0. The van der Waals surface area contributed by atoms with Crippen LogP contribution >= 0.6 is 0 Å². The van der Waals surface area contributed by atoms with Crippen molar-refractivity contribution in [3.05, 3.63) is 228 Å². The number of fused-ring (bicyclic) bond motifs is 3. The SMILES string of the molecule is Cc1cccc(N(c2ccc(-c3ccc(C=Cc4ccc(N(c5ccccc5)c5ccccc5)cc4)cc3)cc2)c2ccc3c(c2)C(C)(C)c2ccccc2-3)c1. The van der Waals surface area contributed by atoms with E-state index in [0.29, 0.717) is 0 Å². The maximum absolute atomic E-state index is 2.40. The van der Waals surface area contributed by atoms with E-state index in [1.807, 2.05) is 0 Å². The van der Waals surface area contributed by atoms with Gasteiger partial charge < -0.3 is 9.80 Å². The first-order chi connectivity index (χ1) is 27.4. The molecule has 2 nitrogen and oxygen atoms in total. The van der Waals surface area contributed by atoms with Crippen molar-refractivity contribution in [2.75, 3.05) is 9.80 Å². The maximum atomic E-state index is 2.40. The van der Waals surface area contributed by atoms with Gasteiger partial charge in [0.25, 0.3) is 0 Å². The molecule has 0 unspecified atom stereocenters. The van der Waals surface area contributed by atoms with Crippen LogP contribution in [0.3, 0.4) is 0 Å². The molecule has 0 aliphatic heterocycles. The van der Waals surface area contributed by atoms with Gasteiger partial charge in [-0.1, -0.05) is 153 Å². The van der Waals surface area contributed by atoms with Crippen molar-refractivity contribution in [3.63, 3.8) is 0 Å². The lowest BCUT2D eigenvalue weighted by molar-refractivity contribution is 0.660. The molecule has 2 heteroatoms. The van der Waals surface area contributed by atoms with Crippen LogP contribution in [0.1, 0.15) is 41.7 Å². The van der Waals surface area contributed by atoms with Crippen LogP contribution in [-0.4, -0.2) is 0 Å². The Kier molecular flexibility index (Phi) is 9.17. The van der Waals surface area contributed by atoms with Crippen molar-refractivity contribution in [1.29, 1.82) is 0 Å². The van der Waals surface area contributed by atoms with Crippen LogP contribution in [0.5, 0.6) is 0 Å². The van der Waals surface area contributed by atoms with Crippen molar-refractivity contribution < 1.29 is 0 Å². The standard InChI is InChI=1S/C54H44N2/c1-39-13-12-18-48(37-39)56(49-35-36-51-50-19-10-11-20-52(50)54(2,3)53(51)38-49)47-33-29-43(30-34-47)42-27-23-40(24-28-42)21-22-41-25-31-46(32-26-41)55(44-14-6-4-7-15-44)45-16-8-5-9-17-45/h4-38H,1-3H3. The lowest BCUT2D eigenvalue weighted by atomic mass is 9.82. The Bertz CT molecular complexity index is 2600. The molecular formula is C54H44N2. The summed E-state index contributed by atoms with van der Waals surface area (Å²) in [6.45, 7) is 6.85. The normalized spacial score (nSPS) is 12.6. The molecule has 0 atom stereocenters. The molecule has 0 spiro atoms. The zero-order chi connectivity index (χ0) is 38.1. The van der Waals surface area contributed by atoms with Gasteiger partial charge in [0, 0.05) is 39.5 Å². The fourth-order valence-electron chi connectivity index (χ4n) is 8.16. The summed E-state index contributed by atoms with van der Waals surface area (Å²) in [6.07, 6.45) is 4.37. The second kappa shape index (κ2) is 14.7. The Morgan fingerprint density at radius 2 is 0.786 bits per heavy atom. The van der Waals surface area contributed by atoms with Gasteiger partial charge in [0.1, 0.15) is 0 Å². The molecule has 0 radical (unpaired) electrons. The molecule has 0 saturated heterocycles. The average molecular weight is 721 g/mol. The summed E-state index contributed by atoms with van der Waals surface area (Å²) in [5.74, 6) is 0. The van der Waals surface area contributed by atoms with Crippen LogP contribution < -0.4 is 9.80 Å². The second-order valence-corrected chi connectivity index (χ2v) is 15.2. The average Bonchev–Trinajstić information content (AvgIpc) is 3.47. The Balaban J connectivity index is 0.945. The van der Waals surface area contributed by atoms with Crippen molar-refractivity contribution in [2.45, 2.75) is 26.2 Å². The van der Waals surface area contributed by atoms with E-state index in [-0.39, 0.29) is 5.41 Å². The second-order valence-electron chi connectivity index (χ2n) is 15.2. The summed E-state index contributed by atoms with van der Waals surface area (Å²) in [5.41, 5.74) is 18.2. The van der Waals surface area contributed by atoms with Crippen molar-refractivity contribution in [2.24, 2.45) is 0 Å². The highest BCUT2D eigenvalue weighted by atomic mass is 15.1. The first kappa shape index (κ1) is 34.8. The monoisotopic (exact) mass is 720 g/mol. The summed E-state index contributed by atoms with van der Waals surface area (Å²) < 4.78 is 0. The highest BCUT2D eigenvalue weighted by molar-refractivity contribution is 5.86. The van der Waals surface area contributed by atoms with Crippen molar-refractivity contribution in [3.8, 4) is 22.3 Å². The van der Waals surface area contributed by atoms with E-state index >= 15 is 0 Å². The number of nitrogens with zero attached hydrogens (tertiary/aromatic N) is 2. The summed E-state index contributed by atoms with van der Waals surface area (Å²) in [4.78, 5) is 4.67. The first-order valence-electron chi connectivity index (χ1n) is 19.4. The molecular weight excluding hydrogens is 677 g/mol. The zero-order valence-electron chi connectivity index (χ0n) is 32.1. The Labute approximate surface area is 331 Å². The summed E-state index contributed by atoms with van der Waals surface area (Å²) in [7, 11) is 0. The fourth-order valence-corrected chi connectivity index (χ4v) is 8.16. The summed E-state index contributed by atoms with van der Waals surface area (Å²) in [6, 6.07) is 72.2. The van der Waals surface area contributed by atoms with Crippen LogP contribution in [0, 0.1) is 6.92 Å². The Morgan fingerprint density at radius 1 is 0.357 bits per heavy atom. The van der Waals surface area contributed by atoms with Gasteiger partial charge in [0.2, 0.25) is 0 Å². The highest BCUT2D eigenvalue weighted by Crippen LogP contribution is 2.50. The molecule has 56 heavy (non-hydrogen) atoms. The number of hydrogen-bond donors (Lipinski definition) is 0. The molecule has 9 rings (SSSR count). The first-order valence-corrected chi connectivity index (χ1v) is 19.4. The maximum Gasteiger partial charge on any atom is 0.0465 e. The van der Waals surface area contributed by atoms with E-state index < -0.39 is 0 Å². The predicted octanol–water partition coefficient (Wildman–Crippen LogP) is 15.1. The number of hydrogen-bond acceptors (Lipinski definition) is 2. The van der Waals surface area contributed by atoms with Crippen LogP contribution in [0.4, 0.5) is 34.1 Å². The molecule has 0 saturated carbocycles. The molecule has 0 fully saturated rings. The van der Waals surface area contributed by atoms with E-state index in [4.69, 9.17) is 0 Å². The number of anilines is 6. The predicted molar refractivity (Wildman–Crippen MR) is 239 cm³/mol. The van der Waals surface area contributed by atoms with Gasteiger partial charge in [-0.25, -0.2) is 0 Å². The third kappa shape index (κ3) is 6.71. The van der Waals surface area contributed by atoms with Gasteiger partial charge in [0.15, 0.2) is 0 Å². The van der Waals surface area contributed by atoms with Crippen molar-refractivity contribution in [1.82, 2.24) is 0 Å². The fraction of sp³-hybridized carbons (Fsp3) is 0.0741. The molecule has 0 N–H and O–H groups in total. The molecule has 0 aromatic heterocycles. The van der Waals surface area contributed by atoms with Gasteiger partial charge >= 0.3 is 0 Å². The van der Waals surface area contributed by atoms with E-state index in [2.05, 4.69) is 243 Å². The quantitative estimate of drug-likeness (QED) is 0.137. The molecule has 0 bridgehead atoms. The minimum atomic E-state index is -0.0664. The van der Waals surface area contributed by atoms with Crippen molar-refractivity contribution >= 4 is 46.3 Å². The number of benzene rings is 8. The van der Waals surface area contributed by atoms with Crippen LogP contribution in [0.2, 0.25) is 0 Å². The number of aryl methyl sites for hydroxylation is 1. The third-order valence-electron chi connectivity index (χ3n) is 11.1. The third-order valence-corrected chi connectivity index (χ3v) is 11.1. The minimum absolute atomic E-state index is 0.0664.